The molecule has 0 saturated heterocycles. The Balaban J connectivity index is 2.92. The number of halogens is 1. The highest BCUT2D eigenvalue weighted by Gasteiger charge is 2.17. The van der Waals surface area contributed by atoms with E-state index in [0.29, 0.717) is 5.56 Å². The van der Waals surface area contributed by atoms with Gasteiger partial charge in [0.15, 0.2) is 5.82 Å². The third kappa shape index (κ3) is 2.62. The molecule has 5 heteroatoms. The first-order chi connectivity index (χ1) is 7.60. The van der Waals surface area contributed by atoms with Crippen molar-refractivity contribution in [1.29, 1.82) is 0 Å². The maximum absolute atomic E-state index is 13.2. The van der Waals surface area contributed by atoms with Crippen LogP contribution in [0.3, 0.4) is 0 Å². The Morgan fingerprint density at radius 3 is 2.75 bits per heavy atom. The van der Waals surface area contributed by atoms with Crippen molar-refractivity contribution in [2.24, 2.45) is 5.18 Å². The van der Waals surface area contributed by atoms with Crippen LogP contribution in [0.15, 0.2) is 23.4 Å². The van der Waals surface area contributed by atoms with E-state index in [9.17, 15) is 14.1 Å². The largest absolute Gasteiger partial charge is 0.466 e. The summed E-state index contributed by atoms with van der Waals surface area (Å²) in [6.45, 7) is 3.59. The van der Waals surface area contributed by atoms with Crippen LogP contribution in [0.1, 0.15) is 25.3 Å². The van der Waals surface area contributed by atoms with Crippen LogP contribution < -0.4 is 0 Å². The van der Waals surface area contributed by atoms with Crippen LogP contribution in [0, 0.1) is 10.7 Å². The zero-order chi connectivity index (χ0) is 12.1. The van der Waals surface area contributed by atoms with Gasteiger partial charge in [0, 0.05) is 0 Å². The Hall–Kier alpha value is -1.78. The van der Waals surface area contributed by atoms with Crippen molar-refractivity contribution in [3.8, 4) is 0 Å². The van der Waals surface area contributed by atoms with Gasteiger partial charge in [-0.05, 0) is 36.7 Å². The van der Waals surface area contributed by atoms with Gasteiger partial charge in [-0.25, -0.2) is 4.39 Å². The maximum Gasteiger partial charge on any atom is 0.313 e. The molecular weight excluding hydrogens is 213 g/mol. The molecule has 0 N–H and O–H groups in total. The van der Waals surface area contributed by atoms with E-state index in [4.69, 9.17) is 4.74 Å². The fourth-order valence-corrected chi connectivity index (χ4v) is 1.27. The second-order valence-corrected chi connectivity index (χ2v) is 3.28. The van der Waals surface area contributed by atoms with E-state index >= 15 is 0 Å². The van der Waals surface area contributed by atoms with Crippen LogP contribution in [-0.2, 0) is 9.53 Å². The molecule has 0 radical (unpaired) electrons. The molecule has 0 bridgehead atoms. The summed E-state index contributed by atoms with van der Waals surface area (Å²) in [6.07, 6.45) is 0. The van der Waals surface area contributed by atoms with Crippen molar-refractivity contribution < 1.29 is 13.9 Å². The lowest BCUT2D eigenvalue weighted by Gasteiger charge is -2.10. The van der Waals surface area contributed by atoms with E-state index in [1.165, 1.54) is 12.1 Å². The Morgan fingerprint density at radius 1 is 1.56 bits per heavy atom. The summed E-state index contributed by atoms with van der Waals surface area (Å²) in [5, 5.41) is 2.51. The van der Waals surface area contributed by atoms with Crippen molar-refractivity contribution in [2.45, 2.75) is 19.8 Å². The van der Waals surface area contributed by atoms with E-state index in [2.05, 4.69) is 5.18 Å². The van der Waals surface area contributed by atoms with Gasteiger partial charge in [0.2, 0.25) is 0 Å². The maximum atomic E-state index is 13.2. The fraction of sp³-hybridized carbons (Fsp3) is 0.364. The molecular formula is C11H12FNO3. The number of esters is 1. The van der Waals surface area contributed by atoms with Gasteiger partial charge in [0.05, 0.1) is 12.5 Å². The first-order valence-electron chi connectivity index (χ1n) is 4.89. The molecule has 86 valence electrons. The van der Waals surface area contributed by atoms with Gasteiger partial charge in [-0.2, -0.15) is 0 Å². The highest BCUT2D eigenvalue weighted by molar-refractivity contribution is 5.77. The van der Waals surface area contributed by atoms with Crippen molar-refractivity contribution in [2.75, 3.05) is 6.61 Å². The SMILES string of the molecule is CCOC(=O)C(C)c1ccc(N=O)c(F)c1. The monoisotopic (exact) mass is 225 g/mol. The minimum Gasteiger partial charge on any atom is -0.466 e. The third-order valence-electron chi connectivity index (χ3n) is 2.21. The summed E-state index contributed by atoms with van der Waals surface area (Å²) in [6, 6.07) is 3.85. The summed E-state index contributed by atoms with van der Waals surface area (Å²) < 4.78 is 18.0. The van der Waals surface area contributed by atoms with Gasteiger partial charge in [0.25, 0.3) is 0 Å². The number of ether oxygens (including phenoxy) is 1. The average molecular weight is 225 g/mol. The van der Waals surface area contributed by atoms with Crippen molar-refractivity contribution in [1.82, 2.24) is 0 Å². The summed E-state index contributed by atoms with van der Waals surface area (Å²) >= 11 is 0. The second-order valence-electron chi connectivity index (χ2n) is 3.28. The van der Waals surface area contributed by atoms with Gasteiger partial charge >= 0.3 is 5.97 Å². The molecule has 0 heterocycles. The molecule has 1 aromatic rings. The number of rotatable bonds is 4. The first kappa shape index (κ1) is 12.3. The van der Waals surface area contributed by atoms with Crippen molar-refractivity contribution >= 4 is 11.7 Å². The predicted molar refractivity (Wildman–Crippen MR) is 56.9 cm³/mol. The molecule has 1 aromatic carbocycles. The molecule has 0 saturated carbocycles. The van der Waals surface area contributed by atoms with Crippen molar-refractivity contribution in [3.05, 3.63) is 34.5 Å². The summed E-state index contributed by atoms with van der Waals surface area (Å²) in [7, 11) is 0. The lowest BCUT2D eigenvalue weighted by atomic mass is 10.0. The van der Waals surface area contributed by atoms with Gasteiger partial charge < -0.3 is 4.74 Å². The molecule has 0 aromatic heterocycles. The number of nitroso groups, excluding NO2 is 1. The summed E-state index contributed by atoms with van der Waals surface area (Å²) in [5.74, 6) is -1.72. The van der Waals surface area contributed by atoms with E-state index in [1.54, 1.807) is 13.8 Å². The van der Waals surface area contributed by atoms with E-state index in [0.717, 1.165) is 6.07 Å². The molecule has 0 fully saturated rings. The van der Waals surface area contributed by atoms with Crippen LogP contribution >= 0.6 is 0 Å². The highest BCUT2D eigenvalue weighted by atomic mass is 19.1. The minimum absolute atomic E-state index is 0.264. The lowest BCUT2D eigenvalue weighted by Crippen LogP contribution is -2.13. The highest BCUT2D eigenvalue weighted by Crippen LogP contribution is 2.23. The van der Waals surface area contributed by atoms with Crippen LogP contribution in [-0.4, -0.2) is 12.6 Å². The van der Waals surface area contributed by atoms with Gasteiger partial charge in [-0.1, -0.05) is 6.07 Å². The first-order valence-corrected chi connectivity index (χ1v) is 4.89. The molecule has 0 aliphatic rings. The molecule has 1 rings (SSSR count). The lowest BCUT2D eigenvalue weighted by molar-refractivity contribution is -0.144. The molecule has 0 aliphatic carbocycles. The Bertz CT molecular complexity index is 406. The minimum atomic E-state index is -0.733. The third-order valence-corrected chi connectivity index (χ3v) is 2.21. The van der Waals surface area contributed by atoms with Crippen LogP contribution in [0.4, 0.5) is 10.1 Å². The zero-order valence-corrected chi connectivity index (χ0v) is 9.07. The smallest absolute Gasteiger partial charge is 0.313 e. The zero-order valence-electron chi connectivity index (χ0n) is 9.07. The van der Waals surface area contributed by atoms with E-state index < -0.39 is 17.7 Å². The fourth-order valence-electron chi connectivity index (χ4n) is 1.27. The molecule has 1 unspecified atom stereocenters. The molecule has 0 aliphatic heterocycles. The van der Waals surface area contributed by atoms with Gasteiger partial charge in [0.1, 0.15) is 5.69 Å². The Morgan fingerprint density at radius 2 is 2.25 bits per heavy atom. The molecule has 16 heavy (non-hydrogen) atoms. The van der Waals surface area contributed by atoms with Crippen LogP contribution in [0.2, 0.25) is 0 Å². The average Bonchev–Trinajstić information content (AvgIpc) is 2.28. The normalized spacial score (nSPS) is 11.9. The summed E-state index contributed by atoms with van der Waals surface area (Å²) in [4.78, 5) is 21.5. The van der Waals surface area contributed by atoms with Crippen LogP contribution in [0.5, 0.6) is 0 Å². The molecule has 4 nitrogen and oxygen atoms in total. The number of carbonyl (C=O) groups is 1. The van der Waals surface area contributed by atoms with Crippen molar-refractivity contribution in [3.63, 3.8) is 0 Å². The van der Waals surface area contributed by atoms with Gasteiger partial charge in [-0.15, -0.1) is 4.91 Å². The topological polar surface area (TPSA) is 55.7 Å². The predicted octanol–water partition coefficient (Wildman–Crippen LogP) is 2.89. The Kier molecular flexibility index (Phi) is 4.10. The van der Waals surface area contributed by atoms with E-state index in [-0.39, 0.29) is 12.3 Å². The van der Waals surface area contributed by atoms with Crippen LogP contribution in [0.25, 0.3) is 0 Å². The molecule has 0 amide bonds. The molecule has 0 spiro atoms. The Labute approximate surface area is 92.4 Å². The number of carbonyl (C=O) groups excluding carboxylic acids is 1. The quantitative estimate of drug-likeness (QED) is 0.584. The number of benzene rings is 1. The number of nitrogens with zero attached hydrogens (tertiary/aromatic N) is 1. The second kappa shape index (κ2) is 5.34. The summed E-state index contributed by atoms with van der Waals surface area (Å²) in [5.41, 5.74) is 0.197. The standard InChI is InChI=1S/C11H12FNO3/c1-3-16-11(14)7(2)8-4-5-10(13-15)9(12)6-8/h4-7H,3H2,1-2H3. The van der Waals surface area contributed by atoms with E-state index in [1.807, 2.05) is 0 Å². The number of hydrogen-bond donors (Lipinski definition) is 0. The molecule has 1 atom stereocenters. The van der Waals surface area contributed by atoms with Gasteiger partial charge in [-0.3, -0.25) is 4.79 Å². The number of hydrogen-bond acceptors (Lipinski definition) is 4.